The van der Waals surface area contributed by atoms with Crippen molar-refractivity contribution in [2.24, 2.45) is 0 Å². The zero-order valence-corrected chi connectivity index (χ0v) is 6.80. The third-order valence-corrected chi connectivity index (χ3v) is 1.86. The first-order chi connectivity index (χ1) is 6.50. The molecular formula is C8H5F3N2O. The molecule has 0 bridgehead atoms. The van der Waals surface area contributed by atoms with Gasteiger partial charge in [-0.3, -0.25) is 4.40 Å². The lowest BCUT2D eigenvalue weighted by Gasteiger charge is -2.07. The Morgan fingerprint density at radius 1 is 1.29 bits per heavy atom. The summed E-state index contributed by atoms with van der Waals surface area (Å²) in [7, 11) is 0. The molecule has 0 unspecified atom stereocenters. The van der Waals surface area contributed by atoms with Gasteiger partial charge in [-0.25, -0.2) is 4.79 Å². The molecule has 0 aliphatic carbocycles. The lowest BCUT2D eigenvalue weighted by molar-refractivity contribution is -0.142. The highest BCUT2D eigenvalue weighted by atomic mass is 19.4. The molecule has 2 rings (SSSR count). The van der Waals surface area contributed by atoms with E-state index in [1.807, 2.05) is 0 Å². The molecule has 2 heterocycles. The van der Waals surface area contributed by atoms with E-state index >= 15 is 0 Å². The Morgan fingerprint density at radius 3 is 2.64 bits per heavy atom. The molecule has 0 aromatic carbocycles. The molecule has 0 amide bonds. The fraction of sp³-hybridized carbons (Fsp3) is 0.125. The van der Waals surface area contributed by atoms with Crippen LogP contribution in [0.2, 0.25) is 0 Å². The highest BCUT2D eigenvalue weighted by Gasteiger charge is 2.33. The molecule has 0 saturated heterocycles. The van der Waals surface area contributed by atoms with E-state index in [4.69, 9.17) is 0 Å². The van der Waals surface area contributed by atoms with Crippen LogP contribution in [-0.4, -0.2) is 9.38 Å². The largest absolute Gasteiger partial charge is 0.431 e. The normalized spacial score (nSPS) is 12.2. The van der Waals surface area contributed by atoms with Crippen molar-refractivity contribution in [1.82, 2.24) is 9.38 Å². The fourth-order valence-electron chi connectivity index (χ4n) is 1.29. The summed E-state index contributed by atoms with van der Waals surface area (Å²) in [5, 5.41) is 0. The van der Waals surface area contributed by atoms with Crippen molar-refractivity contribution in [2.75, 3.05) is 0 Å². The second kappa shape index (κ2) is 2.63. The highest BCUT2D eigenvalue weighted by molar-refractivity contribution is 5.46. The Bertz CT molecular complexity index is 523. The molecule has 2 aromatic rings. The van der Waals surface area contributed by atoms with Crippen LogP contribution in [0.5, 0.6) is 0 Å². The summed E-state index contributed by atoms with van der Waals surface area (Å²) in [6, 6.07) is 3.54. The Morgan fingerprint density at radius 2 is 2.00 bits per heavy atom. The van der Waals surface area contributed by atoms with E-state index in [0.29, 0.717) is 4.40 Å². The molecule has 6 heteroatoms. The second-order valence-corrected chi connectivity index (χ2v) is 2.76. The summed E-state index contributed by atoms with van der Waals surface area (Å²) < 4.78 is 37.8. The van der Waals surface area contributed by atoms with Crippen molar-refractivity contribution in [3.8, 4) is 0 Å². The lowest BCUT2D eigenvalue weighted by atomic mass is 10.3. The van der Waals surface area contributed by atoms with E-state index in [0.717, 1.165) is 6.07 Å². The van der Waals surface area contributed by atoms with Gasteiger partial charge in [0.2, 0.25) is 0 Å². The minimum absolute atomic E-state index is 0.199. The predicted octanol–water partition coefficient (Wildman–Crippen LogP) is 1.65. The van der Waals surface area contributed by atoms with Gasteiger partial charge in [0, 0.05) is 6.20 Å². The van der Waals surface area contributed by atoms with Crippen LogP contribution < -0.4 is 5.69 Å². The van der Waals surface area contributed by atoms with Crippen molar-refractivity contribution in [1.29, 1.82) is 0 Å². The Labute approximate surface area is 75.8 Å². The molecule has 0 radical (unpaired) electrons. The lowest BCUT2D eigenvalue weighted by Crippen LogP contribution is -2.19. The minimum atomic E-state index is -4.52. The number of nitrogens with one attached hydrogen (secondary N) is 1. The summed E-state index contributed by atoms with van der Waals surface area (Å²) in [5.74, 6) is 0. The maximum Gasteiger partial charge on any atom is 0.431 e. The standard InChI is InChI=1S/C8H5F3N2O/c9-8(10,11)6-3-1-2-5-4-12-7(14)13(5)6/h1-4H,(H,12,14). The molecule has 0 spiro atoms. The number of halogens is 3. The van der Waals surface area contributed by atoms with Crippen LogP contribution in [0.3, 0.4) is 0 Å². The van der Waals surface area contributed by atoms with Gasteiger partial charge in [0.25, 0.3) is 0 Å². The number of nitrogens with zero attached hydrogens (tertiary/aromatic N) is 1. The third-order valence-electron chi connectivity index (χ3n) is 1.86. The van der Waals surface area contributed by atoms with Crippen molar-refractivity contribution in [2.45, 2.75) is 6.18 Å². The average molecular weight is 202 g/mol. The molecule has 0 aliphatic heterocycles. The van der Waals surface area contributed by atoms with E-state index in [1.165, 1.54) is 18.3 Å². The van der Waals surface area contributed by atoms with Crippen LogP contribution in [0.25, 0.3) is 5.52 Å². The number of rotatable bonds is 0. The topological polar surface area (TPSA) is 37.3 Å². The smallest absolute Gasteiger partial charge is 0.312 e. The van der Waals surface area contributed by atoms with E-state index in [1.54, 1.807) is 0 Å². The molecule has 3 nitrogen and oxygen atoms in total. The van der Waals surface area contributed by atoms with Crippen molar-refractivity contribution in [3.63, 3.8) is 0 Å². The van der Waals surface area contributed by atoms with E-state index in [-0.39, 0.29) is 5.52 Å². The van der Waals surface area contributed by atoms with E-state index in [2.05, 4.69) is 4.98 Å². The van der Waals surface area contributed by atoms with Crippen molar-refractivity contribution in [3.05, 3.63) is 40.6 Å². The molecule has 0 aliphatic rings. The van der Waals surface area contributed by atoms with Crippen molar-refractivity contribution < 1.29 is 13.2 Å². The number of hydrogen-bond acceptors (Lipinski definition) is 1. The number of alkyl halides is 3. The molecule has 74 valence electrons. The SMILES string of the molecule is O=c1[nH]cc2cccc(C(F)(F)F)n12. The first kappa shape index (κ1) is 8.86. The van der Waals surface area contributed by atoms with Gasteiger partial charge in [0.15, 0.2) is 0 Å². The van der Waals surface area contributed by atoms with Gasteiger partial charge >= 0.3 is 11.9 Å². The molecule has 1 N–H and O–H groups in total. The van der Waals surface area contributed by atoms with Crippen LogP contribution in [0.15, 0.2) is 29.2 Å². The van der Waals surface area contributed by atoms with Gasteiger partial charge in [-0.05, 0) is 12.1 Å². The number of aromatic amines is 1. The first-order valence-electron chi connectivity index (χ1n) is 3.76. The third kappa shape index (κ3) is 1.19. The van der Waals surface area contributed by atoms with Gasteiger partial charge in [-0.1, -0.05) is 6.07 Å². The van der Waals surface area contributed by atoms with Gasteiger partial charge in [-0.2, -0.15) is 13.2 Å². The summed E-state index contributed by atoms with van der Waals surface area (Å²) >= 11 is 0. The number of H-pyrrole nitrogens is 1. The predicted molar refractivity (Wildman–Crippen MR) is 43.0 cm³/mol. The minimum Gasteiger partial charge on any atom is -0.312 e. The molecule has 14 heavy (non-hydrogen) atoms. The zero-order valence-electron chi connectivity index (χ0n) is 6.80. The van der Waals surface area contributed by atoms with Crippen LogP contribution in [-0.2, 0) is 6.18 Å². The maximum atomic E-state index is 12.4. The Balaban J connectivity index is 2.89. The fourth-order valence-corrected chi connectivity index (χ4v) is 1.29. The average Bonchev–Trinajstić information content (AvgIpc) is 2.46. The van der Waals surface area contributed by atoms with Crippen LogP contribution in [0.1, 0.15) is 5.69 Å². The number of imidazole rings is 1. The van der Waals surface area contributed by atoms with Gasteiger partial charge in [0.1, 0.15) is 5.69 Å². The number of aromatic nitrogens is 2. The summed E-state index contributed by atoms with van der Waals surface area (Å²) in [5.41, 5.74) is -1.56. The summed E-state index contributed by atoms with van der Waals surface area (Å²) in [6.45, 7) is 0. The Kier molecular flexibility index (Phi) is 1.67. The first-order valence-corrected chi connectivity index (χ1v) is 3.76. The quantitative estimate of drug-likeness (QED) is 0.692. The van der Waals surface area contributed by atoms with Gasteiger partial charge < -0.3 is 4.98 Å². The van der Waals surface area contributed by atoms with E-state index in [9.17, 15) is 18.0 Å². The zero-order chi connectivity index (χ0) is 10.3. The monoisotopic (exact) mass is 202 g/mol. The Hall–Kier alpha value is -1.72. The van der Waals surface area contributed by atoms with Gasteiger partial charge in [0.05, 0.1) is 5.52 Å². The molecule has 2 aromatic heterocycles. The van der Waals surface area contributed by atoms with Crippen LogP contribution in [0, 0.1) is 0 Å². The second-order valence-electron chi connectivity index (χ2n) is 2.76. The number of pyridine rings is 1. The molecular weight excluding hydrogens is 197 g/mol. The summed E-state index contributed by atoms with van der Waals surface area (Å²) in [4.78, 5) is 13.3. The molecule has 0 atom stereocenters. The number of hydrogen-bond donors (Lipinski definition) is 1. The van der Waals surface area contributed by atoms with E-state index < -0.39 is 17.6 Å². The summed E-state index contributed by atoms with van der Waals surface area (Å²) in [6.07, 6.45) is -3.29. The van der Waals surface area contributed by atoms with Gasteiger partial charge in [-0.15, -0.1) is 0 Å². The number of fused-ring (bicyclic) bond motifs is 1. The van der Waals surface area contributed by atoms with Crippen LogP contribution >= 0.6 is 0 Å². The van der Waals surface area contributed by atoms with Crippen molar-refractivity contribution >= 4 is 5.52 Å². The molecule has 0 fully saturated rings. The molecule has 0 saturated carbocycles. The maximum absolute atomic E-state index is 12.4. The van der Waals surface area contributed by atoms with Crippen LogP contribution in [0.4, 0.5) is 13.2 Å². The highest BCUT2D eigenvalue weighted by Crippen LogP contribution is 2.28.